The van der Waals surface area contributed by atoms with Gasteiger partial charge in [-0.2, -0.15) is 0 Å². The average molecular weight is 295 g/mol. The Bertz CT molecular complexity index is 606. The van der Waals surface area contributed by atoms with Crippen molar-refractivity contribution in [2.75, 3.05) is 40.3 Å². The summed E-state index contributed by atoms with van der Waals surface area (Å²) in [7, 11) is 7.45. The van der Waals surface area contributed by atoms with Crippen LogP contribution in [0.4, 0.5) is 0 Å². The maximum Gasteiger partial charge on any atom is 0.330 e. The van der Waals surface area contributed by atoms with Crippen LogP contribution < -0.4 is 16.6 Å². The van der Waals surface area contributed by atoms with Crippen molar-refractivity contribution in [1.29, 1.82) is 0 Å². The molecule has 2 heterocycles. The number of nitrogens with one attached hydrogen (secondary N) is 1. The number of hydrogen-bond donors (Lipinski definition) is 1. The average Bonchev–Trinajstić information content (AvgIpc) is 2.45. The lowest BCUT2D eigenvalue weighted by Crippen LogP contribution is -2.53. The zero-order valence-electron chi connectivity index (χ0n) is 13.3. The highest BCUT2D eigenvalue weighted by molar-refractivity contribution is 5.02. The van der Waals surface area contributed by atoms with Crippen LogP contribution in [-0.4, -0.2) is 65.3 Å². The second kappa shape index (κ2) is 6.55. The van der Waals surface area contributed by atoms with Gasteiger partial charge >= 0.3 is 5.69 Å². The van der Waals surface area contributed by atoms with Gasteiger partial charge in [-0.05, 0) is 14.1 Å². The lowest BCUT2D eigenvalue weighted by atomic mass is 10.2. The van der Waals surface area contributed by atoms with Crippen LogP contribution in [0.2, 0.25) is 0 Å². The third kappa shape index (κ3) is 3.61. The molecule has 118 valence electrons. The largest absolute Gasteiger partial charge is 0.330 e. The summed E-state index contributed by atoms with van der Waals surface area (Å²) in [5.41, 5.74) is 0.174. The Morgan fingerprint density at radius 2 is 1.86 bits per heavy atom. The molecule has 21 heavy (non-hydrogen) atoms. The van der Waals surface area contributed by atoms with E-state index in [1.165, 1.54) is 17.7 Å². The number of hydrogen-bond acceptors (Lipinski definition) is 5. The first-order valence-electron chi connectivity index (χ1n) is 7.25. The second-order valence-electron chi connectivity index (χ2n) is 5.90. The van der Waals surface area contributed by atoms with Gasteiger partial charge in [0.25, 0.3) is 5.56 Å². The second-order valence-corrected chi connectivity index (χ2v) is 5.90. The predicted octanol–water partition coefficient (Wildman–Crippen LogP) is -1.58. The van der Waals surface area contributed by atoms with Crippen molar-refractivity contribution >= 4 is 0 Å². The molecule has 0 aliphatic carbocycles. The summed E-state index contributed by atoms with van der Waals surface area (Å²) in [4.78, 5) is 28.2. The van der Waals surface area contributed by atoms with E-state index in [1.54, 1.807) is 7.05 Å². The van der Waals surface area contributed by atoms with E-state index in [1.807, 2.05) is 0 Å². The first kappa shape index (κ1) is 15.9. The zero-order chi connectivity index (χ0) is 15.6. The molecule has 1 aromatic rings. The number of rotatable bonds is 4. The zero-order valence-corrected chi connectivity index (χ0v) is 13.3. The van der Waals surface area contributed by atoms with E-state index >= 15 is 0 Å². The normalized spacial score (nSPS) is 20.9. The molecule has 0 aromatic carbocycles. The van der Waals surface area contributed by atoms with Crippen molar-refractivity contribution in [3.8, 4) is 0 Å². The number of piperazine rings is 1. The number of aromatic nitrogens is 2. The van der Waals surface area contributed by atoms with Crippen LogP contribution in [0.25, 0.3) is 0 Å². The fraction of sp³-hybridized carbons (Fsp3) is 0.714. The molecule has 7 nitrogen and oxygen atoms in total. The van der Waals surface area contributed by atoms with E-state index in [4.69, 9.17) is 0 Å². The van der Waals surface area contributed by atoms with Crippen molar-refractivity contribution in [3.05, 3.63) is 32.6 Å². The van der Waals surface area contributed by atoms with Gasteiger partial charge in [-0.1, -0.05) is 0 Å². The molecule has 7 heteroatoms. The van der Waals surface area contributed by atoms with Gasteiger partial charge in [-0.25, -0.2) is 4.79 Å². The summed E-state index contributed by atoms with van der Waals surface area (Å²) in [5.74, 6) is 0. The van der Waals surface area contributed by atoms with Crippen LogP contribution in [0.3, 0.4) is 0 Å². The van der Waals surface area contributed by atoms with Crippen molar-refractivity contribution in [2.24, 2.45) is 14.1 Å². The Balaban J connectivity index is 1.98. The highest BCUT2D eigenvalue weighted by Crippen LogP contribution is 2.04. The summed E-state index contributed by atoms with van der Waals surface area (Å²) in [6.45, 7) is 4.54. The predicted molar refractivity (Wildman–Crippen MR) is 82.5 cm³/mol. The lowest BCUT2D eigenvalue weighted by Gasteiger charge is -2.37. The molecule has 0 amide bonds. The van der Waals surface area contributed by atoms with E-state index < -0.39 is 0 Å². The standard InChI is InChI=1S/C14H25N5O2/c1-16-5-6-17(2)12(10-16)9-15-8-11-7-13(20)19(4)14(21)18(11)3/h7,12,15H,5-6,8-10H2,1-4H3. The molecule has 0 saturated carbocycles. The van der Waals surface area contributed by atoms with Gasteiger partial charge in [-0.15, -0.1) is 0 Å². The summed E-state index contributed by atoms with van der Waals surface area (Å²) in [6, 6.07) is 1.97. The molecule has 0 spiro atoms. The SMILES string of the molecule is CN1CCN(C)C(CNCc2cc(=O)n(C)c(=O)n2C)C1. The molecule has 1 aliphatic heterocycles. The Hall–Kier alpha value is -1.44. The highest BCUT2D eigenvalue weighted by atomic mass is 16.2. The van der Waals surface area contributed by atoms with Gasteiger partial charge in [0, 0.05) is 64.6 Å². The maximum atomic E-state index is 11.9. The van der Waals surface area contributed by atoms with E-state index in [2.05, 4.69) is 29.2 Å². The summed E-state index contributed by atoms with van der Waals surface area (Å²) < 4.78 is 2.64. The molecule has 2 rings (SSSR count). The van der Waals surface area contributed by atoms with E-state index in [9.17, 15) is 9.59 Å². The molecule has 1 atom stereocenters. The topological polar surface area (TPSA) is 62.5 Å². The van der Waals surface area contributed by atoms with Crippen LogP contribution >= 0.6 is 0 Å². The Labute approximate surface area is 124 Å². The van der Waals surface area contributed by atoms with Gasteiger partial charge < -0.3 is 10.2 Å². The molecular formula is C14H25N5O2. The molecule has 1 aromatic heterocycles. The fourth-order valence-electron chi connectivity index (χ4n) is 2.64. The number of likely N-dealkylation sites (N-methyl/N-ethyl adjacent to an activating group) is 2. The van der Waals surface area contributed by atoms with Gasteiger partial charge in [0.2, 0.25) is 0 Å². The van der Waals surface area contributed by atoms with Crippen molar-refractivity contribution in [2.45, 2.75) is 12.6 Å². The Morgan fingerprint density at radius 1 is 1.14 bits per heavy atom. The monoisotopic (exact) mass is 295 g/mol. The lowest BCUT2D eigenvalue weighted by molar-refractivity contribution is 0.113. The third-order valence-electron chi connectivity index (χ3n) is 4.29. The molecule has 1 saturated heterocycles. The van der Waals surface area contributed by atoms with Gasteiger partial charge in [0.15, 0.2) is 0 Å². The van der Waals surface area contributed by atoms with Gasteiger partial charge in [-0.3, -0.25) is 18.8 Å². The van der Waals surface area contributed by atoms with Crippen LogP contribution in [0.15, 0.2) is 15.7 Å². The Kier molecular flexibility index (Phi) is 4.97. The van der Waals surface area contributed by atoms with Crippen molar-refractivity contribution in [3.63, 3.8) is 0 Å². The van der Waals surface area contributed by atoms with E-state index in [0.29, 0.717) is 12.6 Å². The smallest absolute Gasteiger partial charge is 0.310 e. The minimum Gasteiger partial charge on any atom is -0.310 e. The Morgan fingerprint density at radius 3 is 2.57 bits per heavy atom. The summed E-state index contributed by atoms with van der Waals surface area (Å²) in [6.07, 6.45) is 0. The quantitative estimate of drug-likeness (QED) is 0.726. The first-order valence-corrected chi connectivity index (χ1v) is 7.25. The fourth-order valence-corrected chi connectivity index (χ4v) is 2.64. The molecule has 1 N–H and O–H groups in total. The molecule has 0 bridgehead atoms. The van der Waals surface area contributed by atoms with Gasteiger partial charge in [0.05, 0.1) is 0 Å². The third-order valence-corrected chi connectivity index (χ3v) is 4.29. The van der Waals surface area contributed by atoms with Crippen LogP contribution in [0.1, 0.15) is 5.69 Å². The number of nitrogens with zero attached hydrogens (tertiary/aromatic N) is 4. The minimum absolute atomic E-state index is 0.260. The van der Waals surface area contributed by atoms with Crippen LogP contribution in [-0.2, 0) is 20.6 Å². The molecule has 0 radical (unpaired) electrons. The molecule has 1 fully saturated rings. The highest BCUT2D eigenvalue weighted by Gasteiger charge is 2.21. The van der Waals surface area contributed by atoms with Crippen molar-refractivity contribution < 1.29 is 0 Å². The van der Waals surface area contributed by atoms with E-state index in [0.717, 1.165) is 36.4 Å². The first-order chi connectivity index (χ1) is 9.90. The minimum atomic E-state index is -0.284. The maximum absolute atomic E-state index is 11.9. The van der Waals surface area contributed by atoms with Gasteiger partial charge in [0.1, 0.15) is 0 Å². The molecule has 1 aliphatic rings. The summed E-state index contributed by atoms with van der Waals surface area (Å²) in [5, 5.41) is 3.36. The molecule has 1 unspecified atom stereocenters. The summed E-state index contributed by atoms with van der Waals surface area (Å²) >= 11 is 0. The van der Waals surface area contributed by atoms with Crippen LogP contribution in [0, 0.1) is 0 Å². The van der Waals surface area contributed by atoms with Crippen molar-refractivity contribution in [1.82, 2.24) is 24.3 Å². The van der Waals surface area contributed by atoms with E-state index in [-0.39, 0.29) is 11.2 Å². The molecular weight excluding hydrogens is 270 g/mol. The van der Waals surface area contributed by atoms with Crippen LogP contribution in [0.5, 0.6) is 0 Å².